The van der Waals surface area contributed by atoms with Crippen molar-refractivity contribution in [2.75, 3.05) is 17.4 Å². The molecule has 1 atom stereocenters. The summed E-state index contributed by atoms with van der Waals surface area (Å²) in [5.41, 5.74) is 0.278. The molecule has 0 radical (unpaired) electrons. The van der Waals surface area contributed by atoms with Crippen LogP contribution in [0.25, 0.3) is 0 Å². The topological polar surface area (TPSA) is 58.6 Å². The number of sulfonamides is 1. The molecule has 2 aromatic rings. The van der Waals surface area contributed by atoms with E-state index in [0.29, 0.717) is 36.0 Å². The molecule has 1 aliphatic rings. The van der Waals surface area contributed by atoms with Crippen molar-refractivity contribution in [1.29, 1.82) is 0 Å². The molecule has 134 valence electrons. The number of hydrogen-bond acceptors (Lipinski definition) is 4. The van der Waals surface area contributed by atoms with Crippen LogP contribution in [0.2, 0.25) is 0 Å². The summed E-state index contributed by atoms with van der Waals surface area (Å²) in [6.45, 7) is 5.68. The zero-order valence-corrected chi connectivity index (χ0v) is 15.4. The first-order valence-electron chi connectivity index (χ1n) is 8.55. The summed E-state index contributed by atoms with van der Waals surface area (Å²) < 4.78 is 33.6. The summed E-state index contributed by atoms with van der Waals surface area (Å²) in [6.07, 6.45) is 0.396. The monoisotopic (exact) mass is 360 g/mol. The van der Waals surface area contributed by atoms with Gasteiger partial charge in [0.2, 0.25) is 5.44 Å². The van der Waals surface area contributed by atoms with Crippen LogP contribution < -0.4 is 14.4 Å². The van der Waals surface area contributed by atoms with E-state index in [4.69, 9.17) is 4.74 Å². The maximum atomic E-state index is 13.2. The summed E-state index contributed by atoms with van der Waals surface area (Å²) in [6, 6.07) is 16.4. The molecule has 1 unspecified atom stereocenters. The highest BCUT2D eigenvalue weighted by molar-refractivity contribution is 7.93. The molecule has 0 spiro atoms. The molecule has 5 nitrogen and oxygen atoms in total. The minimum atomic E-state index is -3.66. The average Bonchev–Trinajstić information content (AvgIpc) is 2.59. The first-order chi connectivity index (χ1) is 12.0. The fraction of sp³-hybridized carbons (Fsp3) is 0.368. The second-order valence-corrected chi connectivity index (χ2v) is 8.47. The van der Waals surface area contributed by atoms with Gasteiger partial charge >= 0.3 is 0 Å². The highest BCUT2D eigenvalue weighted by atomic mass is 32.2. The molecule has 0 aliphatic carbocycles. The van der Waals surface area contributed by atoms with E-state index in [-0.39, 0.29) is 0 Å². The lowest BCUT2D eigenvalue weighted by molar-refractivity contribution is 0.255. The molecule has 0 bridgehead atoms. The van der Waals surface area contributed by atoms with Gasteiger partial charge in [0, 0.05) is 6.42 Å². The highest BCUT2D eigenvalue weighted by Gasteiger charge is 2.40. The van der Waals surface area contributed by atoms with Gasteiger partial charge in [-0.15, -0.1) is 0 Å². The first kappa shape index (κ1) is 17.8. The molecule has 3 rings (SSSR count). The summed E-state index contributed by atoms with van der Waals surface area (Å²) in [7, 11) is -3.66. The number of para-hydroxylation sites is 3. The Labute approximate surface area is 149 Å². The Morgan fingerprint density at radius 1 is 1.08 bits per heavy atom. The Hall–Kier alpha value is -2.05. The predicted molar refractivity (Wildman–Crippen MR) is 101 cm³/mol. The summed E-state index contributed by atoms with van der Waals surface area (Å²) >= 11 is 0. The van der Waals surface area contributed by atoms with Gasteiger partial charge in [-0.3, -0.25) is 0 Å². The van der Waals surface area contributed by atoms with Gasteiger partial charge in [-0.25, -0.2) is 12.7 Å². The third kappa shape index (κ3) is 3.80. The summed E-state index contributed by atoms with van der Waals surface area (Å²) in [4.78, 5) is 0. The number of nitrogens with zero attached hydrogens (tertiary/aromatic N) is 1. The number of fused-ring (bicyclic) bond motifs is 1. The number of hydrogen-bond donors (Lipinski definition) is 1. The normalized spacial score (nSPS) is 18.7. The molecule has 6 heteroatoms. The van der Waals surface area contributed by atoms with Crippen molar-refractivity contribution in [2.45, 2.75) is 25.7 Å². The van der Waals surface area contributed by atoms with Gasteiger partial charge < -0.3 is 10.1 Å². The minimum Gasteiger partial charge on any atom is -0.470 e. The lowest BCUT2D eigenvalue weighted by atomic mass is 10.2. The predicted octanol–water partition coefficient (Wildman–Crippen LogP) is 3.51. The molecule has 1 N–H and O–H groups in total. The van der Waals surface area contributed by atoms with Crippen molar-refractivity contribution in [3.05, 3.63) is 54.6 Å². The summed E-state index contributed by atoms with van der Waals surface area (Å²) in [5, 5.41) is 3.29. The molecule has 2 aromatic carbocycles. The maximum absolute atomic E-state index is 13.2. The fourth-order valence-electron chi connectivity index (χ4n) is 2.85. The number of anilines is 2. The molecule has 0 amide bonds. The Kier molecular flexibility index (Phi) is 5.30. The SMILES string of the molecule is CC(C)CNCCC1Oc2ccccc2N(c2ccccc2)S1(=O)=O. The van der Waals surface area contributed by atoms with Crippen molar-refractivity contribution in [1.82, 2.24) is 5.32 Å². The zero-order valence-electron chi connectivity index (χ0n) is 14.6. The fourth-order valence-corrected chi connectivity index (χ4v) is 4.57. The lowest BCUT2D eigenvalue weighted by Gasteiger charge is -2.35. The van der Waals surface area contributed by atoms with Crippen LogP contribution in [-0.2, 0) is 10.0 Å². The Bertz CT molecular complexity index is 806. The van der Waals surface area contributed by atoms with Crippen LogP contribution in [-0.4, -0.2) is 26.9 Å². The van der Waals surface area contributed by atoms with Gasteiger partial charge in [-0.05, 0) is 43.3 Å². The lowest BCUT2D eigenvalue weighted by Crippen LogP contribution is -2.44. The van der Waals surface area contributed by atoms with Gasteiger partial charge in [0.1, 0.15) is 5.75 Å². The smallest absolute Gasteiger partial charge is 0.278 e. The molecular formula is C19H24N2O3S. The van der Waals surface area contributed by atoms with Crippen molar-refractivity contribution in [3.8, 4) is 5.75 Å². The van der Waals surface area contributed by atoms with Gasteiger partial charge in [-0.2, -0.15) is 0 Å². The van der Waals surface area contributed by atoms with Gasteiger partial charge in [0.05, 0.1) is 11.4 Å². The standard InChI is InChI=1S/C19H24N2O3S/c1-15(2)14-20-13-12-19-24-18-11-7-6-10-17(18)21(25(19,22)23)16-8-4-3-5-9-16/h3-11,15,19-20H,12-14H2,1-2H3. The van der Waals surface area contributed by atoms with E-state index in [1.165, 1.54) is 4.31 Å². The van der Waals surface area contributed by atoms with Crippen molar-refractivity contribution in [3.63, 3.8) is 0 Å². The second-order valence-electron chi connectivity index (χ2n) is 6.55. The molecule has 0 aromatic heterocycles. The van der Waals surface area contributed by atoms with E-state index in [1.54, 1.807) is 18.2 Å². The van der Waals surface area contributed by atoms with Crippen LogP contribution in [0.1, 0.15) is 20.3 Å². The average molecular weight is 360 g/mol. The number of nitrogens with one attached hydrogen (secondary N) is 1. The number of ether oxygens (including phenoxy) is 1. The van der Waals surface area contributed by atoms with E-state index < -0.39 is 15.5 Å². The second kappa shape index (κ2) is 7.45. The molecule has 25 heavy (non-hydrogen) atoms. The number of benzene rings is 2. The van der Waals surface area contributed by atoms with Crippen LogP contribution in [0.3, 0.4) is 0 Å². The quantitative estimate of drug-likeness (QED) is 0.801. The van der Waals surface area contributed by atoms with Crippen molar-refractivity contribution >= 4 is 21.4 Å². The summed E-state index contributed by atoms with van der Waals surface area (Å²) in [5.74, 6) is 1.11. The third-order valence-corrected chi connectivity index (χ3v) is 5.94. The van der Waals surface area contributed by atoms with Crippen molar-refractivity contribution < 1.29 is 13.2 Å². The maximum Gasteiger partial charge on any atom is 0.278 e. The van der Waals surface area contributed by atoms with E-state index in [9.17, 15) is 8.42 Å². The zero-order chi connectivity index (χ0) is 17.9. The van der Waals surface area contributed by atoms with Crippen LogP contribution in [0.5, 0.6) is 5.75 Å². The molecule has 0 saturated heterocycles. The first-order valence-corrected chi connectivity index (χ1v) is 10.1. The van der Waals surface area contributed by atoms with Crippen LogP contribution in [0, 0.1) is 5.92 Å². The Morgan fingerprint density at radius 2 is 1.76 bits per heavy atom. The largest absolute Gasteiger partial charge is 0.470 e. The van der Waals surface area contributed by atoms with Gasteiger partial charge in [0.15, 0.2) is 0 Å². The van der Waals surface area contributed by atoms with E-state index >= 15 is 0 Å². The van der Waals surface area contributed by atoms with E-state index in [2.05, 4.69) is 19.2 Å². The van der Waals surface area contributed by atoms with Crippen LogP contribution in [0.15, 0.2) is 54.6 Å². The van der Waals surface area contributed by atoms with Crippen LogP contribution >= 0.6 is 0 Å². The molecule has 0 fully saturated rings. The highest BCUT2D eigenvalue weighted by Crippen LogP contribution is 2.42. The van der Waals surface area contributed by atoms with Crippen LogP contribution in [0.4, 0.5) is 11.4 Å². The van der Waals surface area contributed by atoms with Crippen molar-refractivity contribution in [2.24, 2.45) is 5.92 Å². The van der Waals surface area contributed by atoms with Gasteiger partial charge in [0.25, 0.3) is 10.0 Å². The minimum absolute atomic E-state index is 0.396. The van der Waals surface area contributed by atoms with E-state index in [0.717, 1.165) is 6.54 Å². The number of rotatable bonds is 6. The van der Waals surface area contributed by atoms with Gasteiger partial charge in [-0.1, -0.05) is 44.2 Å². The molecular weight excluding hydrogens is 336 g/mol. The Balaban J connectivity index is 1.91. The Morgan fingerprint density at radius 3 is 2.48 bits per heavy atom. The van der Waals surface area contributed by atoms with E-state index in [1.807, 2.05) is 36.4 Å². The molecule has 1 heterocycles. The third-order valence-electron chi connectivity index (χ3n) is 4.03. The molecule has 0 saturated carbocycles. The molecule has 1 aliphatic heterocycles.